The van der Waals surface area contributed by atoms with Gasteiger partial charge in [-0.3, -0.25) is 4.79 Å². The van der Waals surface area contributed by atoms with Gasteiger partial charge in [0.05, 0.1) is 23.1 Å². The van der Waals surface area contributed by atoms with Crippen LogP contribution in [0.2, 0.25) is 5.02 Å². The van der Waals surface area contributed by atoms with Crippen molar-refractivity contribution >= 4 is 34.6 Å². The molecule has 2 aromatic carbocycles. The van der Waals surface area contributed by atoms with Crippen LogP contribution >= 0.6 is 11.6 Å². The van der Waals surface area contributed by atoms with Gasteiger partial charge in [-0.05, 0) is 55.0 Å². The van der Waals surface area contributed by atoms with Gasteiger partial charge in [-0.25, -0.2) is 4.98 Å². The van der Waals surface area contributed by atoms with Gasteiger partial charge in [-0.1, -0.05) is 23.7 Å². The quantitative estimate of drug-likeness (QED) is 0.691. The summed E-state index contributed by atoms with van der Waals surface area (Å²) in [6.07, 6.45) is 1.55. The zero-order valence-electron chi connectivity index (χ0n) is 14.0. The van der Waals surface area contributed by atoms with E-state index in [0.29, 0.717) is 33.3 Å². The number of amides is 1. The van der Waals surface area contributed by atoms with Crippen LogP contribution in [-0.2, 0) is 0 Å². The number of rotatable bonds is 4. The van der Waals surface area contributed by atoms with Gasteiger partial charge >= 0.3 is 0 Å². The molecule has 0 saturated heterocycles. The number of aryl methyl sites for hydroxylation is 1. The van der Waals surface area contributed by atoms with E-state index < -0.39 is 0 Å². The number of nitriles is 1. The molecule has 26 heavy (non-hydrogen) atoms. The summed E-state index contributed by atoms with van der Waals surface area (Å²) in [5.74, 6) is -0.306. The van der Waals surface area contributed by atoms with Gasteiger partial charge in [0.15, 0.2) is 0 Å². The van der Waals surface area contributed by atoms with Gasteiger partial charge in [0.1, 0.15) is 11.8 Å². The monoisotopic (exact) mass is 362 g/mol. The fourth-order valence-electron chi connectivity index (χ4n) is 2.40. The molecule has 5 nitrogen and oxygen atoms in total. The molecule has 1 amide bonds. The van der Waals surface area contributed by atoms with Crippen molar-refractivity contribution in [1.29, 1.82) is 5.26 Å². The minimum Gasteiger partial charge on any atom is -0.353 e. The highest BCUT2D eigenvalue weighted by Gasteiger charge is 2.10. The lowest BCUT2D eigenvalue weighted by molar-refractivity contribution is 0.102. The van der Waals surface area contributed by atoms with E-state index in [1.54, 1.807) is 48.7 Å². The minimum absolute atomic E-state index is 0.290. The maximum Gasteiger partial charge on any atom is 0.274 e. The van der Waals surface area contributed by atoms with Crippen LogP contribution in [0.5, 0.6) is 0 Å². The zero-order chi connectivity index (χ0) is 18.5. The van der Waals surface area contributed by atoms with E-state index in [1.165, 1.54) is 0 Å². The maximum absolute atomic E-state index is 12.4. The highest BCUT2D eigenvalue weighted by atomic mass is 35.5. The number of halogens is 1. The lowest BCUT2D eigenvalue weighted by Crippen LogP contribution is -2.14. The number of anilines is 3. The summed E-state index contributed by atoms with van der Waals surface area (Å²) in [6, 6.07) is 17.9. The Morgan fingerprint density at radius 1 is 1.12 bits per heavy atom. The Hall–Kier alpha value is -3.36. The number of para-hydroxylation sites is 1. The van der Waals surface area contributed by atoms with Gasteiger partial charge in [0.2, 0.25) is 0 Å². The molecule has 1 heterocycles. The number of carbonyl (C=O) groups is 1. The van der Waals surface area contributed by atoms with Gasteiger partial charge in [-0.2, -0.15) is 5.26 Å². The summed E-state index contributed by atoms with van der Waals surface area (Å²) < 4.78 is 0. The molecule has 0 aliphatic heterocycles. The van der Waals surface area contributed by atoms with E-state index in [-0.39, 0.29) is 5.91 Å². The standard InChI is InChI=1S/C20H15ClN4O/c1-13-10-15(21)6-8-17(13)25-20(26)19-9-7-16(12-23-19)24-18-5-3-2-4-14(18)11-22/h2-10,12,24H,1H3,(H,25,26). The molecule has 0 aliphatic rings. The van der Waals surface area contributed by atoms with E-state index in [2.05, 4.69) is 21.7 Å². The fourth-order valence-corrected chi connectivity index (χ4v) is 2.63. The Bertz CT molecular complexity index is 993. The highest BCUT2D eigenvalue weighted by Crippen LogP contribution is 2.21. The molecule has 0 fully saturated rings. The lowest BCUT2D eigenvalue weighted by Gasteiger charge is -2.10. The van der Waals surface area contributed by atoms with E-state index in [4.69, 9.17) is 16.9 Å². The number of hydrogen-bond acceptors (Lipinski definition) is 4. The van der Waals surface area contributed by atoms with Crippen molar-refractivity contribution in [3.05, 3.63) is 82.6 Å². The van der Waals surface area contributed by atoms with Crippen LogP contribution in [0, 0.1) is 18.3 Å². The number of nitrogens with zero attached hydrogens (tertiary/aromatic N) is 2. The Balaban J connectivity index is 1.73. The molecule has 0 aliphatic carbocycles. The van der Waals surface area contributed by atoms with E-state index in [0.717, 1.165) is 5.56 Å². The number of nitrogens with one attached hydrogen (secondary N) is 2. The number of aromatic nitrogens is 1. The molecule has 128 valence electrons. The summed E-state index contributed by atoms with van der Waals surface area (Å²) in [5, 5.41) is 15.7. The van der Waals surface area contributed by atoms with Gasteiger partial charge in [-0.15, -0.1) is 0 Å². The largest absolute Gasteiger partial charge is 0.353 e. The molecular formula is C20H15ClN4O. The first-order valence-electron chi connectivity index (χ1n) is 7.86. The molecular weight excluding hydrogens is 348 g/mol. The van der Waals surface area contributed by atoms with E-state index in [1.807, 2.05) is 19.1 Å². The van der Waals surface area contributed by atoms with Crippen molar-refractivity contribution in [2.75, 3.05) is 10.6 Å². The van der Waals surface area contributed by atoms with Crippen LogP contribution < -0.4 is 10.6 Å². The number of hydrogen-bond donors (Lipinski definition) is 2. The first kappa shape index (κ1) is 17.5. The Morgan fingerprint density at radius 3 is 2.62 bits per heavy atom. The zero-order valence-corrected chi connectivity index (χ0v) is 14.7. The second-order valence-electron chi connectivity index (χ2n) is 5.63. The average molecular weight is 363 g/mol. The van der Waals surface area contributed by atoms with Crippen molar-refractivity contribution in [2.24, 2.45) is 0 Å². The molecule has 0 unspecified atom stereocenters. The molecule has 0 atom stereocenters. The first-order valence-corrected chi connectivity index (χ1v) is 8.24. The van der Waals surface area contributed by atoms with Crippen molar-refractivity contribution in [2.45, 2.75) is 6.92 Å². The molecule has 2 N–H and O–H groups in total. The Labute approximate surface area is 156 Å². The minimum atomic E-state index is -0.306. The predicted molar refractivity (Wildman–Crippen MR) is 103 cm³/mol. The molecule has 0 saturated carbocycles. The van der Waals surface area contributed by atoms with E-state index in [9.17, 15) is 4.79 Å². The molecule has 0 radical (unpaired) electrons. The second kappa shape index (κ2) is 7.68. The smallest absolute Gasteiger partial charge is 0.274 e. The van der Waals surface area contributed by atoms with Crippen molar-refractivity contribution in [3.8, 4) is 6.07 Å². The predicted octanol–water partition coefficient (Wildman–Crippen LogP) is 4.91. The topological polar surface area (TPSA) is 77.8 Å². The summed E-state index contributed by atoms with van der Waals surface area (Å²) in [6.45, 7) is 1.87. The first-order chi connectivity index (χ1) is 12.6. The van der Waals surface area contributed by atoms with Crippen molar-refractivity contribution < 1.29 is 4.79 Å². The second-order valence-corrected chi connectivity index (χ2v) is 6.06. The number of pyridine rings is 1. The Kier molecular flexibility index (Phi) is 5.16. The van der Waals surface area contributed by atoms with Crippen LogP contribution in [0.3, 0.4) is 0 Å². The summed E-state index contributed by atoms with van der Waals surface area (Å²) in [7, 11) is 0. The molecule has 0 bridgehead atoms. The van der Waals surface area contributed by atoms with Crippen LogP contribution in [0.1, 0.15) is 21.6 Å². The number of carbonyl (C=O) groups excluding carboxylic acids is 1. The summed E-state index contributed by atoms with van der Waals surface area (Å²) in [4.78, 5) is 16.5. The molecule has 0 spiro atoms. The fraction of sp³-hybridized carbons (Fsp3) is 0.0500. The van der Waals surface area contributed by atoms with Crippen LogP contribution in [0.15, 0.2) is 60.8 Å². The summed E-state index contributed by atoms with van der Waals surface area (Å²) in [5.41, 5.74) is 3.76. The SMILES string of the molecule is Cc1cc(Cl)ccc1NC(=O)c1ccc(Nc2ccccc2C#N)cn1. The van der Waals surface area contributed by atoms with E-state index >= 15 is 0 Å². The van der Waals surface area contributed by atoms with Crippen LogP contribution in [-0.4, -0.2) is 10.9 Å². The van der Waals surface area contributed by atoms with Crippen LogP contribution in [0.25, 0.3) is 0 Å². The van der Waals surface area contributed by atoms with Crippen molar-refractivity contribution in [1.82, 2.24) is 4.98 Å². The Morgan fingerprint density at radius 2 is 1.92 bits per heavy atom. The number of benzene rings is 2. The van der Waals surface area contributed by atoms with Gasteiger partial charge in [0.25, 0.3) is 5.91 Å². The molecule has 6 heteroatoms. The lowest BCUT2D eigenvalue weighted by atomic mass is 10.2. The summed E-state index contributed by atoms with van der Waals surface area (Å²) >= 11 is 5.92. The third kappa shape index (κ3) is 4.00. The normalized spacial score (nSPS) is 10.0. The molecule has 3 rings (SSSR count). The molecule has 3 aromatic rings. The highest BCUT2D eigenvalue weighted by molar-refractivity contribution is 6.30. The van der Waals surface area contributed by atoms with Crippen LogP contribution in [0.4, 0.5) is 17.1 Å². The van der Waals surface area contributed by atoms with Crippen molar-refractivity contribution in [3.63, 3.8) is 0 Å². The molecule has 1 aromatic heterocycles. The maximum atomic E-state index is 12.4. The third-order valence-electron chi connectivity index (χ3n) is 3.76. The third-order valence-corrected chi connectivity index (χ3v) is 3.99. The average Bonchev–Trinajstić information content (AvgIpc) is 2.65. The van der Waals surface area contributed by atoms with Gasteiger partial charge in [0, 0.05) is 10.7 Å². The van der Waals surface area contributed by atoms with Gasteiger partial charge < -0.3 is 10.6 Å².